The number of aliphatic hydroxyl groups excluding tert-OH is 2. The summed E-state index contributed by atoms with van der Waals surface area (Å²) in [6.45, 7) is 3.60. The minimum absolute atomic E-state index is 0.000879. The highest BCUT2D eigenvalue weighted by molar-refractivity contribution is 5.78. The summed E-state index contributed by atoms with van der Waals surface area (Å²) in [6.07, 6.45) is 4.63. The predicted molar refractivity (Wildman–Crippen MR) is 145 cm³/mol. The number of fused-ring (bicyclic) bond motifs is 2. The van der Waals surface area contributed by atoms with Crippen LogP contribution in [0.4, 0.5) is 27.6 Å². The molecule has 3 aromatic rings. The number of halogens is 5. The lowest BCUT2D eigenvalue weighted by Gasteiger charge is -2.26. The number of nitrogens with one attached hydrogen (secondary N) is 2. The Morgan fingerprint density at radius 3 is 2.10 bits per heavy atom. The van der Waals surface area contributed by atoms with Gasteiger partial charge in [-0.25, -0.2) is 22.0 Å². The zero-order valence-corrected chi connectivity index (χ0v) is 22.6. The molecule has 2 atom stereocenters. The molecule has 4 N–H and O–H groups in total. The van der Waals surface area contributed by atoms with Crippen LogP contribution in [0.15, 0.2) is 30.3 Å². The molecule has 10 heteroatoms. The van der Waals surface area contributed by atoms with Gasteiger partial charge in [-0.2, -0.15) is 0 Å². The lowest BCUT2D eigenvalue weighted by atomic mass is 9.97. The van der Waals surface area contributed by atoms with Gasteiger partial charge in [-0.15, -0.1) is 0 Å². The molecule has 2 aliphatic rings. The van der Waals surface area contributed by atoms with Crippen LogP contribution in [0.1, 0.15) is 58.9 Å². The third kappa shape index (κ3) is 5.56. The highest BCUT2D eigenvalue weighted by Crippen LogP contribution is 2.38. The van der Waals surface area contributed by atoms with E-state index in [1.165, 1.54) is 34.4 Å². The van der Waals surface area contributed by atoms with Crippen LogP contribution in [0.25, 0.3) is 6.08 Å². The van der Waals surface area contributed by atoms with Gasteiger partial charge < -0.3 is 25.6 Å². The molecule has 0 amide bonds. The van der Waals surface area contributed by atoms with E-state index in [0.717, 1.165) is 25.7 Å². The Morgan fingerprint density at radius 2 is 1.51 bits per heavy atom. The Labute approximate surface area is 234 Å². The number of aryl methyl sites for hydroxylation is 2. The van der Waals surface area contributed by atoms with E-state index in [2.05, 4.69) is 36.6 Å². The molecule has 1 aliphatic heterocycles. The van der Waals surface area contributed by atoms with E-state index in [9.17, 15) is 32.2 Å². The van der Waals surface area contributed by atoms with Crippen LogP contribution in [-0.2, 0) is 32.3 Å². The van der Waals surface area contributed by atoms with Crippen LogP contribution < -0.4 is 15.4 Å². The first-order valence-corrected chi connectivity index (χ1v) is 13.6. The molecule has 218 valence electrons. The Balaban J connectivity index is 1.32. The van der Waals surface area contributed by atoms with Gasteiger partial charge >= 0.3 is 0 Å². The number of rotatable bonds is 9. The average molecular weight is 575 g/mol. The summed E-state index contributed by atoms with van der Waals surface area (Å²) in [5.41, 5.74) is 5.43. The van der Waals surface area contributed by atoms with Crippen LogP contribution >= 0.6 is 0 Å². The summed E-state index contributed by atoms with van der Waals surface area (Å²) >= 11 is 0. The second kappa shape index (κ2) is 11.8. The molecule has 0 saturated carbocycles. The fraction of sp³-hybridized carbons (Fsp3) is 0.355. The molecule has 1 heterocycles. The van der Waals surface area contributed by atoms with E-state index < -0.39 is 53.6 Å². The first-order chi connectivity index (χ1) is 19.6. The van der Waals surface area contributed by atoms with Crippen molar-refractivity contribution < 1.29 is 36.9 Å². The van der Waals surface area contributed by atoms with Gasteiger partial charge in [0.2, 0.25) is 5.82 Å². The zero-order valence-electron chi connectivity index (χ0n) is 22.6. The van der Waals surface area contributed by atoms with Crippen molar-refractivity contribution >= 4 is 11.8 Å². The average Bonchev–Trinajstić information content (AvgIpc) is 3.38. The van der Waals surface area contributed by atoms with Gasteiger partial charge in [0, 0.05) is 18.2 Å². The Hall–Kier alpha value is -3.47. The summed E-state index contributed by atoms with van der Waals surface area (Å²) in [5.74, 6) is -10.3. The highest BCUT2D eigenvalue weighted by Gasteiger charge is 2.28. The maximum atomic E-state index is 14.1. The number of anilines is 1. The third-order valence-corrected chi connectivity index (χ3v) is 7.83. The van der Waals surface area contributed by atoms with Crippen molar-refractivity contribution in [1.82, 2.24) is 5.32 Å². The van der Waals surface area contributed by atoms with Crippen LogP contribution in [0.2, 0.25) is 0 Å². The molecular formula is C31H31F5N2O3. The van der Waals surface area contributed by atoms with Gasteiger partial charge in [-0.3, -0.25) is 0 Å². The summed E-state index contributed by atoms with van der Waals surface area (Å²) < 4.78 is 74.4. The molecular weight excluding hydrogens is 543 g/mol. The Morgan fingerprint density at radius 1 is 0.927 bits per heavy atom. The first-order valence-electron chi connectivity index (χ1n) is 13.6. The van der Waals surface area contributed by atoms with Crippen LogP contribution in [-0.4, -0.2) is 29.0 Å². The summed E-state index contributed by atoms with van der Waals surface area (Å²) in [7, 11) is 0. The van der Waals surface area contributed by atoms with Gasteiger partial charge in [0.15, 0.2) is 23.3 Å². The van der Waals surface area contributed by atoms with Gasteiger partial charge in [-0.1, -0.05) is 38.1 Å². The molecule has 5 rings (SSSR count). The normalized spacial score (nSPS) is 16.9. The minimum atomic E-state index is -2.25. The Kier molecular flexibility index (Phi) is 8.35. The van der Waals surface area contributed by atoms with Gasteiger partial charge in [0.05, 0.1) is 17.4 Å². The van der Waals surface area contributed by atoms with E-state index >= 15 is 0 Å². The van der Waals surface area contributed by atoms with Gasteiger partial charge in [-0.05, 0) is 65.6 Å². The van der Waals surface area contributed by atoms with Crippen molar-refractivity contribution in [3.63, 3.8) is 0 Å². The topological polar surface area (TPSA) is 73.8 Å². The van der Waals surface area contributed by atoms with Crippen molar-refractivity contribution in [2.75, 3.05) is 11.9 Å². The largest absolute Gasteiger partial charge is 0.486 e. The lowest BCUT2D eigenvalue weighted by Crippen LogP contribution is -2.33. The molecule has 41 heavy (non-hydrogen) atoms. The quantitative estimate of drug-likeness (QED) is 0.151. The van der Waals surface area contributed by atoms with Crippen LogP contribution in [0.3, 0.4) is 0 Å². The molecule has 0 spiro atoms. The fourth-order valence-electron chi connectivity index (χ4n) is 5.63. The SMILES string of the molecule is CCc1cc2c(cc1CC)CC(NC[C@@H](O)c1ccc(OCc3c(F)c(F)c(F)c(F)c3F)c3c1C=CC(O)N3)C2. The van der Waals surface area contributed by atoms with E-state index in [4.69, 9.17) is 4.74 Å². The maximum absolute atomic E-state index is 14.1. The van der Waals surface area contributed by atoms with E-state index in [1.807, 2.05) is 0 Å². The summed E-state index contributed by atoms with van der Waals surface area (Å²) in [6, 6.07) is 7.71. The Bertz CT molecular complexity index is 1450. The van der Waals surface area contributed by atoms with E-state index in [1.54, 1.807) is 12.1 Å². The van der Waals surface area contributed by atoms with Gasteiger partial charge in [0.1, 0.15) is 18.6 Å². The third-order valence-electron chi connectivity index (χ3n) is 7.83. The molecule has 0 bridgehead atoms. The number of hydrogen-bond acceptors (Lipinski definition) is 5. The predicted octanol–water partition coefficient (Wildman–Crippen LogP) is 5.63. The number of benzene rings is 3. The number of hydrogen-bond donors (Lipinski definition) is 4. The van der Waals surface area contributed by atoms with Crippen molar-refractivity contribution in [3.8, 4) is 5.75 Å². The summed E-state index contributed by atoms with van der Waals surface area (Å²) in [5, 5.41) is 27.4. The zero-order chi connectivity index (χ0) is 29.4. The molecule has 1 aliphatic carbocycles. The molecule has 0 radical (unpaired) electrons. The van der Waals surface area contributed by atoms with Crippen LogP contribution in [0, 0.1) is 29.1 Å². The molecule has 0 aromatic heterocycles. The molecule has 5 nitrogen and oxygen atoms in total. The smallest absolute Gasteiger partial charge is 0.200 e. The van der Waals surface area contributed by atoms with Crippen molar-refractivity contribution in [1.29, 1.82) is 0 Å². The van der Waals surface area contributed by atoms with E-state index in [-0.39, 0.29) is 24.0 Å². The monoisotopic (exact) mass is 574 g/mol. The minimum Gasteiger partial charge on any atom is -0.486 e. The lowest BCUT2D eigenvalue weighted by molar-refractivity contribution is 0.169. The summed E-state index contributed by atoms with van der Waals surface area (Å²) in [4.78, 5) is 0. The second-order valence-electron chi connectivity index (χ2n) is 10.4. The molecule has 1 unspecified atom stereocenters. The van der Waals surface area contributed by atoms with Crippen molar-refractivity contribution in [2.24, 2.45) is 0 Å². The van der Waals surface area contributed by atoms with Gasteiger partial charge in [0.25, 0.3) is 0 Å². The second-order valence-corrected chi connectivity index (χ2v) is 10.4. The van der Waals surface area contributed by atoms with E-state index in [0.29, 0.717) is 11.1 Å². The highest BCUT2D eigenvalue weighted by atomic mass is 19.2. The standard InChI is InChI=1S/C31H31F5N2O3/c1-3-15-9-17-11-19(12-18(17)10-16(15)4-2)37-13-23(39)20-5-7-24(31-21(20)6-8-25(40)38-31)41-14-22-26(32)28(34)30(36)29(35)27(22)33/h5-10,19,23,25,37-40H,3-4,11-14H2,1-2H3/t23-,25?/m1/s1. The van der Waals surface area contributed by atoms with Crippen molar-refractivity contribution in [3.05, 3.63) is 98.4 Å². The number of aliphatic hydroxyl groups is 2. The maximum Gasteiger partial charge on any atom is 0.200 e. The molecule has 3 aromatic carbocycles. The van der Waals surface area contributed by atoms with Crippen molar-refractivity contribution in [2.45, 2.75) is 64.5 Å². The number of ether oxygens (including phenoxy) is 1. The van der Waals surface area contributed by atoms with Crippen LogP contribution in [0.5, 0.6) is 5.75 Å². The molecule has 0 fully saturated rings. The molecule has 0 saturated heterocycles. The first kappa shape index (κ1) is 29.0. The fourth-order valence-corrected chi connectivity index (χ4v) is 5.63.